The summed E-state index contributed by atoms with van der Waals surface area (Å²) < 4.78 is 3.58. The van der Waals surface area contributed by atoms with E-state index in [1.165, 1.54) is 4.90 Å². The lowest BCUT2D eigenvalue weighted by Gasteiger charge is -2.36. The molecule has 0 aliphatic carbocycles. The monoisotopic (exact) mass is 401 g/mol. The number of hydrogen-bond acceptors (Lipinski definition) is 5. The van der Waals surface area contributed by atoms with E-state index in [0.29, 0.717) is 18.9 Å². The smallest absolute Gasteiger partial charge is 0.407 e. The van der Waals surface area contributed by atoms with Gasteiger partial charge < -0.3 is 10.0 Å². The largest absolute Gasteiger partial charge is 0.465 e. The molecule has 30 heavy (non-hydrogen) atoms. The Morgan fingerprint density at radius 3 is 2.33 bits per heavy atom. The summed E-state index contributed by atoms with van der Waals surface area (Å²) >= 11 is 0. The van der Waals surface area contributed by atoms with Gasteiger partial charge in [-0.3, -0.25) is 9.36 Å². The van der Waals surface area contributed by atoms with Crippen LogP contribution in [0.25, 0.3) is 33.6 Å². The lowest BCUT2D eigenvalue weighted by atomic mass is 10.1. The fourth-order valence-electron chi connectivity index (χ4n) is 3.50. The van der Waals surface area contributed by atoms with Crippen molar-refractivity contribution in [2.75, 3.05) is 13.1 Å². The van der Waals surface area contributed by atoms with Gasteiger partial charge >= 0.3 is 6.09 Å². The number of aromatic nitrogens is 6. The lowest BCUT2D eigenvalue weighted by molar-refractivity contribution is 0.0812. The molecule has 0 saturated carbocycles. The van der Waals surface area contributed by atoms with Crippen molar-refractivity contribution in [1.29, 1.82) is 0 Å². The zero-order valence-corrected chi connectivity index (χ0v) is 16.3. The Labute approximate surface area is 172 Å². The molecule has 4 aromatic rings. The van der Waals surface area contributed by atoms with E-state index >= 15 is 0 Å². The second kappa shape index (κ2) is 7.11. The third-order valence-corrected chi connectivity index (χ3v) is 5.25. The Bertz CT molecular complexity index is 1210. The molecule has 1 fully saturated rings. The molecule has 1 saturated heterocycles. The molecule has 9 nitrogen and oxygen atoms in total. The maximum atomic E-state index is 10.9. The number of carboxylic acid groups (broad SMARTS) is 1. The first-order valence-electron chi connectivity index (χ1n) is 9.51. The predicted molar refractivity (Wildman–Crippen MR) is 110 cm³/mol. The van der Waals surface area contributed by atoms with E-state index in [1.807, 2.05) is 43.8 Å². The number of carbonyl (C=O) groups is 1. The number of aryl methyl sites for hydroxylation is 1. The molecule has 0 bridgehead atoms. The van der Waals surface area contributed by atoms with Gasteiger partial charge in [0.1, 0.15) is 0 Å². The fourth-order valence-corrected chi connectivity index (χ4v) is 3.50. The summed E-state index contributed by atoms with van der Waals surface area (Å²) in [5.74, 6) is 0.646. The molecule has 1 N–H and O–H groups in total. The second-order valence-electron chi connectivity index (χ2n) is 7.33. The van der Waals surface area contributed by atoms with E-state index in [1.54, 1.807) is 28.0 Å². The number of hydrogen-bond donors (Lipinski definition) is 1. The number of amides is 1. The summed E-state index contributed by atoms with van der Waals surface area (Å²) in [6, 6.07) is 8.13. The van der Waals surface area contributed by atoms with Gasteiger partial charge in [-0.1, -0.05) is 18.2 Å². The van der Waals surface area contributed by atoms with Gasteiger partial charge in [-0.2, -0.15) is 10.2 Å². The van der Waals surface area contributed by atoms with E-state index in [2.05, 4.69) is 26.2 Å². The Balaban J connectivity index is 1.34. The minimum absolute atomic E-state index is 0.0743. The van der Waals surface area contributed by atoms with Crippen LogP contribution in [0.1, 0.15) is 6.04 Å². The third kappa shape index (κ3) is 3.30. The van der Waals surface area contributed by atoms with Crippen molar-refractivity contribution in [2.45, 2.75) is 6.04 Å². The SMILES string of the molecule is Cn1cc(-c2cccc(-c3ncc(-c4cnn(C5CN(C(=O)O)C5)c4)cn3)c2)cn1. The van der Waals surface area contributed by atoms with E-state index in [4.69, 9.17) is 5.11 Å². The van der Waals surface area contributed by atoms with E-state index in [-0.39, 0.29) is 6.04 Å². The van der Waals surface area contributed by atoms with Crippen LogP contribution >= 0.6 is 0 Å². The third-order valence-electron chi connectivity index (χ3n) is 5.25. The first-order chi connectivity index (χ1) is 14.6. The van der Waals surface area contributed by atoms with Crippen LogP contribution in [0.5, 0.6) is 0 Å². The van der Waals surface area contributed by atoms with Gasteiger partial charge in [0.25, 0.3) is 0 Å². The number of nitrogens with zero attached hydrogens (tertiary/aromatic N) is 7. The van der Waals surface area contributed by atoms with Gasteiger partial charge in [0.05, 0.1) is 18.4 Å². The van der Waals surface area contributed by atoms with Crippen LogP contribution in [0.3, 0.4) is 0 Å². The van der Waals surface area contributed by atoms with Crippen molar-refractivity contribution >= 4 is 6.09 Å². The Hall–Kier alpha value is -4.01. The van der Waals surface area contributed by atoms with Gasteiger partial charge in [-0.15, -0.1) is 0 Å². The summed E-state index contributed by atoms with van der Waals surface area (Å²) in [6.45, 7) is 0.915. The zero-order valence-electron chi connectivity index (χ0n) is 16.3. The van der Waals surface area contributed by atoms with Gasteiger partial charge in [0.2, 0.25) is 0 Å². The standard InChI is InChI=1S/C21H19N7O2/c1-26-10-17(8-24-26)14-3-2-4-15(5-14)20-22-6-16(7-23-20)18-9-25-28(11-18)19-12-27(13-19)21(29)30/h2-11,19H,12-13H2,1H3,(H,29,30). The first-order valence-corrected chi connectivity index (χ1v) is 9.51. The van der Waals surface area contributed by atoms with Crippen LogP contribution in [-0.4, -0.2) is 58.7 Å². The molecule has 1 aromatic carbocycles. The molecule has 0 atom stereocenters. The van der Waals surface area contributed by atoms with Gasteiger partial charge in [-0.05, 0) is 11.6 Å². The highest BCUT2D eigenvalue weighted by Gasteiger charge is 2.32. The Kier molecular flexibility index (Phi) is 4.27. The molecule has 5 rings (SSSR count). The molecule has 1 aliphatic heterocycles. The fraction of sp³-hybridized carbons (Fsp3) is 0.190. The van der Waals surface area contributed by atoms with Crippen LogP contribution in [0.15, 0.2) is 61.4 Å². The highest BCUT2D eigenvalue weighted by atomic mass is 16.4. The summed E-state index contributed by atoms with van der Waals surface area (Å²) in [5, 5.41) is 17.6. The Morgan fingerprint density at radius 1 is 0.933 bits per heavy atom. The zero-order chi connectivity index (χ0) is 20.7. The summed E-state index contributed by atoms with van der Waals surface area (Å²) in [5.41, 5.74) is 4.80. The van der Waals surface area contributed by atoms with Crippen molar-refractivity contribution in [3.05, 3.63) is 61.4 Å². The minimum Gasteiger partial charge on any atom is -0.465 e. The van der Waals surface area contributed by atoms with Crippen LogP contribution in [0.2, 0.25) is 0 Å². The van der Waals surface area contributed by atoms with Crippen LogP contribution < -0.4 is 0 Å². The second-order valence-corrected chi connectivity index (χ2v) is 7.33. The molecular formula is C21H19N7O2. The molecule has 3 aromatic heterocycles. The molecule has 0 radical (unpaired) electrons. The molecule has 1 aliphatic rings. The van der Waals surface area contributed by atoms with E-state index in [0.717, 1.165) is 27.8 Å². The molecule has 1 amide bonds. The van der Waals surface area contributed by atoms with Crippen LogP contribution in [0, 0.1) is 0 Å². The first kappa shape index (κ1) is 18.0. The van der Waals surface area contributed by atoms with Crippen LogP contribution in [-0.2, 0) is 7.05 Å². The quantitative estimate of drug-likeness (QED) is 0.564. The normalized spacial score (nSPS) is 14.0. The molecule has 150 valence electrons. The number of rotatable bonds is 4. The molecular weight excluding hydrogens is 382 g/mol. The average Bonchev–Trinajstić information content (AvgIpc) is 3.36. The highest BCUT2D eigenvalue weighted by molar-refractivity contribution is 5.70. The molecule has 4 heterocycles. The van der Waals surface area contributed by atoms with Crippen molar-refractivity contribution in [3.8, 4) is 33.6 Å². The van der Waals surface area contributed by atoms with Crippen molar-refractivity contribution in [2.24, 2.45) is 7.05 Å². The maximum Gasteiger partial charge on any atom is 0.407 e. The van der Waals surface area contributed by atoms with E-state index < -0.39 is 6.09 Å². The van der Waals surface area contributed by atoms with Gasteiger partial charge in [0, 0.05) is 67.2 Å². The van der Waals surface area contributed by atoms with Gasteiger partial charge in [0.15, 0.2) is 5.82 Å². The summed E-state index contributed by atoms with van der Waals surface area (Å²) in [4.78, 5) is 21.3. The summed E-state index contributed by atoms with van der Waals surface area (Å²) in [6.07, 6.45) is 10.1. The molecule has 0 spiro atoms. The Morgan fingerprint density at radius 2 is 1.63 bits per heavy atom. The number of benzene rings is 1. The van der Waals surface area contributed by atoms with Gasteiger partial charge in [-0.25, -0.2) is 14.8 Å². The molecule has 0 unspecified atom stereocenters. The van der Waals surface area contributed by atoms with Crippen LogP contribution in [0.4, 0.5) is 4.79 Å². The molecule has 9 heteroatoms. The topological polar surface area (TPSA) is 102 Å². The van der Waals surface area contributed by atoms with Crippen molar-refractivity contribution in [3.63, 3.8) is 0 Å². The maximum absolute atomic E-state index is 10.9. The highest BCUT2D eigenvalue weighted by Crippen LogP contribution is 2.26. The summed E-state index contributed by atoms with van der Waals surface area (Å²) in [7, 11) is 1.89. The van der Waals surface area contributed by atoms with Crippen molar-refractivity contribution < 1.29 is 9.90 Å². The van der Waals surface area contributed by atoms with Crippen molar-refractivity contribution in [1.82, 2.24) is 34.4 Å². The number of likely N-dealkylation sites (tertiary alicyclic amines) is 1. The lowest BCUT2D eigenvalue weighted by Crippen LogP contribution is -2.50. The minimum atomic E-state index is -0.893. The van der Waals surface area contributed by atoms with E-state index in [9.17, 15) is 4.79 Å². The predicted octanol–water partition coefficient (Wildman–Crippen LogP) is 2.94. The average molecular weight is 401 g/mol.